The lowest BCUT2D eigenvalue weighted by atomic mass is 9.67. The van der Waals surface area contributed by atoms with E-state index in [0.717, 1.165) is 17.8 Å². The van der Waals surface area contributed by atoms with Crippen LogP contribution in [-0.2, 0) is 11.8 Å². The van der Waals surface area contributed by atoms with Crippen LogP contribution >= 0.6 is 0 Å². The Hall–Kier alpha value is -0.920. The molecule has 102 valence electrons. The molecule has 1 aromatic rings. The molecule has 2 heteroatoms. The third-order valence-electron chi connectivity index (χ3n) is 3.93. The Morgan fingerprint density at radius 2 is 1.39 bits per heavy atom. The van der Waals surface area contributed by atoms with Gasteiger partial charge < -0.3 is 0 Å². The van der Waals surface area contributed by atoms with Gasteiger partial charge in [-0.3, -0.25) is 9.97 Å². The van der Waals surface area contributed by atoms with Gasteiger partial charge in [0.05, 0.1) is 11.4 Å². The van der Waals surface area contributed by atoms with Gasteiger partial charge in [-0.2, -0.15) is 0 Å². The number of rotatable bonds is 2. The van der Waals surface area contributed by atoms with Crippen LogP contribution in [-0.4, -0.2) is 9.97 Å². The maximum Gasteiger partial charge on any atom is 0.0648 e. The second kappa shape index (κ2) is 4.64. The predicted molar refractivity (Wildman–Crippen MR) is 77.7 cm³/mol. The lowest BCUT2D eigenvalue weighted by molar-refractivity contribution is 0.219. The normalized spacial score (nSPS) is 13.8. The molecule has 0 aliphatic carbocycles. The summed E-state index contributed by atoms with van der Waals surface area (Å²) in [5.74, 6) is 0. The Bertz CT molecular complexity index is 389. The van der Waals surface area contributed by atoms with Crippen LogP contribution in [0.5, 0.6) is 0 Å². The average molecular weight is 248 g/mol. The Labute approximate surface area is 112 Å². The minimum Gasteiger partial charge on any atom is -0.258 e. The highest BCUT2D eigenvalue weighted by atomic mass is 14.8. The zero-order valence-electron chi connectivity index (χ0n) is 13.3. The molecule has 0 unspecified atom stereocenters. The van der Waals surface area contributed by atoms with Crippen molar-refractivity contribution >= 4 is 0 Å². The molecule has 0 radical (unpaired) electrons. The molecule has 0 aliphatic heterocycles. The first-order chi connectivity index (χ1) is 7.93. The summed E-state index contributed by atoms with van der Waals surface area (Å²) < 4.78 is 0. The maximum absolute atomic E-state index is 4.64. The maximum atomic E-state index is 4.64. The van der Waals surface area contributed by atoms with Crippen LogP contribution in [0.25, 0.3) is 0 Å². The van der Waals surface area contributed by atoms with Crippen molar-refractivity contribution in [1.29, 1.82) is 0 Å². The van der Waals surface area contributed by atoms with Crippen LogP contribution in [0.4, 0.5) is 0 Å². The van der Waals surface area contributed by atoms with Gasteiger partial charge in [-0.1, -0.05) is 55.4 Å². The van der Waals surface area contributed by atoms with E-state index in [0.29, 0.717) is 0 Å². The predicted octanol–water partition coefficient (Wildman–Crippen LogP) is 4.39. The Kier molecular flexibility index (Phi) is 3.90. The van der Waals surface area contributed by atoms with Crippen LogP contribution in [0.15, 0.2) is 12.4 Å². The average Bonchev–Trinajstić information content (AvgIpc) is 2.14. The Morgan fingerprint density at radius 3 is 1.72 bits per heavy atom. The van der Waals surface area contributed by atoms with Crippen molar-refractivity contribution in [3.05, 3.63) is 23.8 Å². The lowest BCUT2D eigenvalue weighted by Gasteiger charge is -2.38. The SMILES string of the molecule is CC(C)(C)Cc1cnc(C(C)(C)C(C)(C)C)cn1. The summed E-state index contributed by atoms with van der Waals surface area (Å²) in [6.45, 7) is 17.9. The van der Waals surface area contributed by atoms with E-state index in [9.17, 15) is 0 Å². The van der Waals surface area contributed by atoms with E-state index in [1.165, 1.54) is 0 Å². The first-order valence-corrected chi connectivity index (χ1v) is 6.75. The molecule has 0 saturated carbocycles. The third kappa shape index (κ3) is 3.54. The summed E-state index contributed by atoms with van der Waals surface area (Å²) in [6, 6.07) is 0. The summed E-state index contributed by atoms with van der Waals surface area (Å²) in [5, 5.41) is 0. The fourth-order valence-electron chi connectivity index (χ4n) is 1.70. The minimum absolute atomic E-state index is 0.0280. The molecule has 0 saturated heterocycles. The molecule has 1 heterocycles. The van der Waals surface area contributed by atoms with Gasteiger partial charge >= 0.3 is 0 Å². The van der Waals surface area contributed by atoms with Crippen LogP contribution in [0.1, 0.15) is 66.8 Å². The Morgan fingerprint density at radius 1 is 0.833 bits per heavy atom. The molecule has 0 spiro atoms. The van der Waals surface area contributed by atoms with E-state index in [4.69, 9.17) is 0 Å². The Balaban J connectivity index is 2.97. The number of aromatic nitrogens is 2. The van der Waals surface area contributed by atoms with E-state index in [1.807, 2.05) is 12.4 Å². The van der Waals surface area contributed by atoms with E-state index >= 15 is 0 Å². The van der Waals surface area contributed by atoms with Gasteiger partial charge in [-0.05, 0) is 17.3 Å². The van der Waals surface area contributed by atoms with Gasteiger partial charge in [0.25, 0.3) is 0 Å². The smallest absolute Gasteiger partial charge is 0.0648 e. The molecule has 0 aromatic carbocycles. The second-order valence-electron chi connectivity index (χ2n) is 8.01. The number of hydrogen-bond acceptors (Lipinski definition) is 2. The first kappa shape index (κ1) is 15.1. The van der Waals surface area contributed by atoms with E-state index in [1.54, 1.807) is 0 Å². The van der Waals surface area contributed by atoms with E-state index < -0.39 is 0 Å². The van der Waals surface area contributed by atoms with Crippen LogP contribution in [0.2, 0.25) is 0 Å². The molecule has 0 N–H and O–H groups in total. The highest BCUT2D eigenvalue weighted by Gasteiger charge is 2.35. The van der Waals surface area contributed by atoms with Crippen molar-refractivity contribution in [3.63, 3.8) is 0 Å². The standard InChI is InChI=1S/C16H28N2/c1-14(2,3)9-12-10-18-13(11-17-12)16(7,8)15(4,5)6/h10-11H,9H2,1-8H3. The second-order valence-corrected chi connectivity index (χ2v) is 8.01. The van der Waals surface area contributed by atoms with Crippen LogP contribution < -0.4 is 0 Å². The van der Waals surface area contributed by atoms with Gasteiger partial charge in [-0.25, -0.2) is 0 Å². The summed E-state index contributed by atoms with van der Waals surface area (Å²) in [4.78, 5) is 9.22. The number of hydrogen-bond donors (Lipinski definition) is 0. The van der Waals surface area contributed by atoms with Gasteiger partial charge in [0.15, 0.2) is 0 Å². The quantitative estimate of drug-likeness (QED) is 0.775. The van der Waals surface area contributed by atoms with Crippen molar-refractivity contribution in [2.75, 3.05) is 0 Å². The van der Waals surface area contributed by atoms with Crippen molar-refractivity contribution in [1.82, 2.24) is 9.97 Å². The molecular formula is C16H28N2. The largest absolute Gasteiger partial charge is 0.258 e. The van der Waals surface area contributed by atoms with E-state index in [-0.39, 0.29) is 16.2 Å². The van der Waals surface area contributed by atoms with Gasteiger partial charge in [-0.15, -0.1) is 0 Å². The molecular weight excluding hydrogens is 220 g/mol. The molecule has 0 fully saturated rings. The van der Waals surface area contributed by atoms with Crippen molar-refractivity contribution in [2.45, 2.75) is 67.2 Å². The fraction of sp³-hybridized carbons (Fsp3) is 0.750. The van der Waals surface area contributed by atoms with Gasteiger partial charge in [0, 0.05) is 17.8 Å². The number of nitrogens with zero attached hydrogens (tertiary/aromatic N) is 2. The molecule has 0 amide bonds. The molecule has 1 rings (SSSR count). The molecule has 18 heavy (non-hydrogen) atoms. The molecule has 2 nitrogen and oxygen atoms in total. The van der Waals surface area contributed by atoms with Gasteiger partial charge in [0.1, 0.15) is 0 Å². The summed E-state index contributed by atoms with van der Waals surface area (Å²) >= 11 is 0. The fourth-order valence-corrected chi connectivity index (χ4v) is 1.70. The highest BCUT2D eigenvalue weighted by Crippen LogP contribution is 2.39. The van der Waals surface area contributed by atoms with Crippen LogP contribution in [0, 0.1) is 10.8 Å². The van der Waals surface area contributed by atoms with Crippen molar-refractivity contribution in [2.24, 2.45) is 10.8 Å². The topological polar surface area (TPSA) is 25.8 Å². The van der Waals surface area contributed by atoms with E-state index in [2.05, 4.69) is 65.4 Å². The zero-order valence-corrected chi connectivity index (χ0v) is 13.3. The van der Waals surface area contributed by atoms with Crippen LogP contribution in [0.3, 0.4) is 0 Å². The minimum atomic E-state index is 0.0280. The van der Waals surface area contributed by atoms with Gasteiger partial charge in [0.2, 0.25) is 0 Å². The highest BCUT2D eigenvalue weighted by molar-refractivity contribution is 5.16. The third-order valence-corrected chi connectivity index (χ3v) is 3.93. The zero-order chi connectivity index (χ0) is 14.2. The first-order valence-electron chi connectivity index (χ1n) is 6.75. The molecule has 0 atom stereocenters. The molecule has 1 aromatic heterocycles. The summed E-state index contributed by atoms with van der Waals surface area (Å²) in [5.41, 5.74) is 2.62. The lowest BCUT2D eigenvalue weighted by Crippen LogP contribution is -2.35. The van der Waals surface area contributed by atoms with Crippen molar-refractivity contribution in [3.8, 4) is 0 Å². The van der Waals surface area contributed by atoms with Crippen molar-refractivity contribution < 1.29 is 0 Å². The summed E-state index contributed by atoms with van der Waals surface area (Å²) in [7, 11) is 0. The monoisotopic (exact) mass is 248 g/mol. The summed E-state index contributed by atoms with van der Waals surface area (Å²) in [6.07, 6.45) is 4.86. The molecule has 0 aliphatic rings. The molecule has 0 bridgehead atoms.